The van der Waals surface area contributed by atoms with E-state index in [2.05, 4.69) is 10.0 Å². The second kappa shape index (κ2) is 6.55. The number of piperidine rings is 1. The fraction of sp³-hybridized carbons (Fsp3) is 0.500. The normalized spacial score (nSPS) is 23.2. The van der Waals surface area contributed by atoms with Crippen LogP contribution in [-0.4, -0.2) is 56.3 Å². The quantitative estimate of drug-likeness (QED) is 0.831. The maximum absolute atomic E-state index is 12.7. The largest absolute Gasteiger partial charge is 0.439 e. The SMILES string of the molecule is CCS(=O)(=O)Nc1ccc(C(=O)N2CCC[C@@]3(CNC(=O)O3)C2)cc1. The standard InChI is InChI=1S/C16H21N3O5S/c1-2-25(22,23)18-13-6-4-12(5-7-13)14(20)19-9-3-8-16(11-19)10-17-15(21)24-16/h4-7,18H,2-3,8-11H2,1H3,(H,17,21)/t16-/m1/s1. The van der Waals surface area contributed by atoms with Crippen LogP contribution in [0.15, 0.2) is 24.3 Å². The van der Waals surface area contributed by atoms with Gasteiger partial charge in [0.15, 0.2) is 0 Å². The maximum Gasteiger partial charge on any atom is 0.407 e. The molecular formula is C16H21N3O5S. The minimum Gasteiger partial charge on any atom is -0.439 e. The lowest BCUT2D eigenvalue weighted by molar-refractivity contribution is -0.00503. The highest BCUT2D eigenvalue weighted by Crippen LogP contribution is 2.29. The Bertz CT molecular complexity index is 777. The number of carbonyl (C=O) groups excluding carboxylic acids is 2. The molecule has 3 rings (SSSR count). The summed E-state index contributed by atoms with van der Waals surface area (Å²) in [6.07, 6.45) is 1.05. The van der Waals surface area contributed by atoms with Gasteiger partial charge in [0, 0.05) is 17.8 Å². The van der Waals surface area contributed by atoms with Crippen LogP contribution in [0.25, 0.3) is 0 Å². The molecular weight excluding hydrogens is 346 g/mol. The number of sulfonamides is 1. The van der Waals surface area contributed by atoms with Gasteiger partial charge in [0.1, 0.15) is 5.60 Å². The van der Waals surface area contributed by atoms with Crippen LogP contribution in [0.2, 0.25) is 0 Å². The lowest BCUT2D eigenvalue weighted by Crippen LogP contribution is -2.52. The first-order chi connectivity index (χ1) is 11.8. The van der Waals surface area contributed by atoms with E-state index in [1.54, 1.807) is 36.1 Å². The van der Waals surface area contributed by atoms with Crippen LogP contribution in [0, 0.1) is 0 Å². The average Bonchev–Trinajstić information content (AvgIpc) is 2.94. The molecule has 0 radical (unpaired) electrons. The highest BCUT2D eigenvalue weighted by Gasteiger charge is 2.44. The number of anilines is 1. The monoisotopic (exact) mass is 367 g/mol. The van der Waals surface area contributed by atoms with Gasteiger partial charge in [-0.2, -0.15) is 0 Å². The summed E-state index contributed by atoms with van der Waals surface area (Å²) in [7, 11) is -3.35. The minimum atomic E-state index is -3.35. The number of hydrogen-bond donors (Lipinski definition) is 2. The van der Waals surface area contributed by atoms with Crippen molar-refractivity contribution >= 4 is 27.7 Å². The van der Waals surface area contributed by atoms with Crippen molar-refractivity contribution in [3.05, 3.63) is 29.8 Å². The Kier molecular flexibility index (Phi) is 4.59. The first-order valence-electron chi connectivity index (χ1n) is 8.19. The molecule has 2 aliphatic heterocycles. The number of rotatable bonds is 4. The summed E-state index contributed by atoms with van der Waals surface area (Å²) in [5.41, 5.74) is 0.248. The van der Waals surface area contributed by atoms with Crippen molar-refractivity contribution < 1.29 is 22.7 Å². The van der Waals surface area contributed by atoms with E-state index in [-0.39, 0.29) is 11.7 Å². The number of hydrogen-bond acceptors (Lipinski definition) is 5. The van der Waals surface area contributed by atoms with Crippen LogP contribution in [0.3, 0.4) is 0 Å². The molecule has 2 saturated heterocycles. The first-order valence-corrected chi connectivity index (χ1v) is 9.84. The van der Waals surface area contributed by atoms with Gasteiger partial charge in [0.25, 0.3) is 5.91 Å². The molecule has 2 heterocycles. The second-order valence-corrected chi connectivity index (χ2v) is 8.35. The summed E-state index contributed by atoms with van der Waals surface area (Å²) in [6.45, 7) is 2.92. The molecule has 136 valence electrons. The van der Waals surface area contributed by atoms with Crippen LogP contribution >= 0.6 is 0 Å². The zero-order chi connectivity index (χ0) is 18.1. The Morgan fingerprint density at radius 2 is 2.08 bits per heavy atom. The molecule has 1 aromatic carbocycles. The van der Waals surface area contributed by atoms with Gasteiger partial charge in [-0.3, -0.25) is 9.52 Å². The van der Waals surface area contributed by atoms with Gasteiger partial charge in [-0.15, -0.1) is 0 Å². The van der Waals surface area contributed by atoms with Gasteiger partial charge in [-0.05, 0) is 44.0 Å². The number of nitrogens with one attached hydrogen (secondary N) is 2. The smallest absolute Gasteiger partial charge is 0.407 e. The summed E-state index contributed by atoms with van der Waals surface area (Å²) in [4.78, 5) is 25.7. The Labute approximate surface area is 146 Å². The summed E-state index contributed by atoms with van der Waals surface area (Å²) < 4.78 is 31.0. The second-order valence-electron chi connectivity index (χ2n) is 6.34. The number of nitrogens with zero attached hydrogens (tertiary/aromatic N) is 1. The molecule has 1 atom stereocenters. The number of ether oxygens (including phenoxy) is 1. The molecule has 2 fully saturated rings. The van der Waals surface area contributed by atoms with E-state index in [9.17, 15) is 18.0 Å². The summed E-state index contributed by atoms with van der Waals surface area (Å²) in [5.74, 6) is -0.178. The molecule has 9 heteroatoms. The lowest BCUT2D eigenvalue weighted by Gasteiger charge is -2.38. The number of likely N-dealkylation sites (tertiary alicyclic amines) is 1. The Balaban J connectivity index is 1.69. The molecule has 0 aromatic heterocycles. The van der Waals surface area contributed by atoms with E-state index >= 15 is 0 Å². The van der Waals surface area contributed by atoms with E-state index in [4.69, 9.17) is 4.74 Å². The molecule has 25 heavy (non-hydrogen) atoms. The average molecular weight is 367 g/mol. The van der Waals surface area contributed by atoms with Gasteiger partial charge in [0.05, 0.1) is 18.8 Å². The third kappa shape index (κ3) is 3.87. The van der Waals surface area contributed by atoms with E-state index in [1.165, 1.54) is 0 Å². The van der Waals surface area contributed by atoms with Gasteiger partial charge in [0.2, 0.25) is 10.0 Å². The number of amides is 2. The van der Waals surface area contributed by atoms with Gasteiger partial charge in [-0.1, -0.05) is 0 Å². The molecule has 2 amide bonds. The minimum absolute atomic E-state index is 0.0176. The molecule has 1 aromatic rings. The fourth-order valence-corrected chi connectivity index (χ4v) is 3.76. The van der Waals surface area contributed by atoms with Crippen molar-refractivity contribution in [2.75, 3.05) is 30.1 Å². The molecule has 0 saturated carbocycles. The lowest BCUT2D eigenvalue weighted by atomic mass is 9.92. The Morgan fingerprint density at radius 3 is 2.68 bits per heavy atom. The number of alkyl carbamates (subject to hydrolysis) is 1. The van der Waals surface area contributed by atoms with Crippen LogP contribution in [-0.2, 0) is 14.8 Å². The fourth-order valence-electron chi connectivity index (χ4n) is 3.12. The Hall–Kier alpha value is -2.29. The Morgan fingerprint density at radius 1 is 1.36 bits per heavy atom. The van der Waals surface area contributed by atoms with Crippen LogP contribution in [0.5, 0.6) is 0 Å². The predicted molar refractivity (Wildman–Crippen MR) is 91.9 cm³/mol. The third-order valence-corrected chi connectivity index (χ3v) is 5.78. The van der Waals surface area contributed by atoms with Gasteiger partial charge in [-0.25, -0.2) is 13.2 Å². The van der Waals surface area contributed by atoms with E-state index in [1.807, 2.05) is 0 Å². The molecule has 0 bridgehead atoms. The molecule has 1 spiro atoms. The van der Waals surface area contributed by atoms with Gasteiger partial charge >= 0.3 is 6.09 Å². The highest BCUT2D eigenvalue weighted by atomic mass is 32.2. The summed E-state index contributed by atoms with van der Waals surface area (Å²) in [6, 6.07) is 6.32. The molecule has 2 aliphatic rings. The van der Waals surface area contributed by atoms with Crippen molar-refractivity contribution in [1.29, 1.82) is 0 Å². The van der Waals surface area contributed by atoms with Crippen molar-refractivity contribution in [2.24, 2.45) is 0 Å². The predicted octanol–water partition coefficient (Wildman–Crippen LogP) is 1.16. The van der Waals surface area contributed by atoms with Crippen molar-refractivity contribution in [2.45, 2.75) is 25.4 Å². The highest BCUT2D eigenvalue weighted by molar-refractivity contribution is 7.92. The van der Waals surface area contributed by atoms with Crippen LogP contribution in [0.1, 0.15) is 30.1 Å². The first kappa shape index (κ1) is 17.5. The van der Waals surface area contributed by atoms with E-state index in [0.717, 1.165) is 12.8 Å². The van der Waals surface area contributed by atoms with Crippen molar-refractivity contribution in [1.82, 2.24) is 10.2 Å². The van der Waals surface area contributed by atoms with E-state index < -0.39 is 21.7 Å². The number of benzene rings is 1. The number of carbonyl (C=O) groups is 2. The zero-order valence-corrected chi connectivity index (χ0v) is 14.8. The van der Waals surface area contributed by atoms with Gasteiger partial charge < -0.3 is 15.0 Å². The third-order valence-electron chi connectivity index (χ3n) is 4.48. The van der Waals surface area contributed by atoms with Crippen LogP contribution in [0.4, 0.5) is 10.5 Å². The topological polar surface area (TPSA) is 105 Å². The molecule has 0 unspecified atom stereocenters. The maximum atomic E-state index is 12.7. The van der Waals surface area contributed by atoms with E-state index in [0.29, 0.717) is 30.9 Å². The van der Waals surface area contributed by atoms with Crippen molar-refractivity contribution in [3.8, 4) is 0 Å². The summed E-state index contributed by atoms with van der Waals surface area (Å²) in [5, 5.41) is 2.65. The molecule has 2 N–H and O–H groups in total. The zero-order valence-electron chi connectivity index (χ0n) is 13.9. The molecule has 0 aliphatic carbocycles. The van der Waals surface area contributed by atoms with Crippen LogP contribution < -0.4 is 10.0 Å². The summed E-state index contributed by atoms with van der Waals surface area (Å²) >= 11 is 0. The van der Waals surface area contributed by atoms with Crippen molar-refractivity contribution in [3.63, 3.8) is 0 Å². The molecule has 8 nitrogen and oxygen atoms in total.